The molecule has 2 aromatic carbocycles. The van der Waals surface area contributed by atoms with Gasteiger partial charge in [-0.15, -0.1) is 0 Å². The molecule has 0 aliphatic rings. The number of aryl methyl sites for hydroxylation is 1. The van der Waals surface area contributed by atoms with E-state index in [1.165, 1.54) is 0 Å². The van der Waals surface area contributed by atoms with E-state index in [0.29, 0.717) is 19.6 Å². The van der Waals surface area contributed by atoms with Crippen LogP contribution in [0.2, 0.25) is 0 Å². The number of sulfonamides is 1. The van der Waals surface area contributed by atoms with Crippen LogP contribution < -0.4 is 9.46 Å². The van der Waals surface area contributed by atoms with Crippen molar-refractivity contribution in [3.63, 3.8) is 0 Å². The van der Waals surface area contributed by atoms with E-state index in [0.717, 1.165) is 22.4 Å². The molecule has 0 bridgehead atoms. The minimum Gasteiger partial charge on any atom is -0.494 e. The van der Waals surface area contributed by atoms with E-state index in [4.69, 9.17) is 4.74 Å². The second-order valence-corrected chi connectivity index (χ2v) is 7.23. The average Bonchev–Trinajstić information content (AvgIpc) is 2.50. The highest BCUT2D eigenvalue weighted by Crippen LogP contribution is 2.19. The first-order chi connectivity index (χ1) is 11.0. The van der Waals surface area contributed by atoms with Crippen LogP contribution in [0.3, 0.4) is 0 Å². The molecule has 0 aliphatic carbocycles. The molecule has 0 saturated carbocycles. The molecule has 0 amide bonds. The Balaban J connectivity index is 1.88. The Labute approximate surface area is 138 Å². The molecule has 0 atom stereocenters. The molecule has 4 nitrogen and oxygen atoms in total. The van der Waals surface area contributed by atoms with E-state index in [1.807, 2.05) is 62.4 Å². The van der Waals surface area contributed by atoms with Crippen molar-refractivity contribution in [1.29, 1.82) is 0 Å². The van der Waals surface area contributed by atoms with Gasteiger partial charge in [-0.25, -0.2) is 13.1 Å². The first-order valence-corrected chi connectivity index (χ1v) is 9.39. The van der Waals surface area contributed by atoms with Crippen LogP contribution in [0.25, 0.3) is 0 Å². The summed E-state index contributed by atoms with van der Waals surface area (Å²) in [6.45, 7) is 4.98. The number of hydrogen-bond donors (Lipinski definition) is 1. The normalized spacial score (nSPS) is 11.4. The summed E-state index contributed by atoms with van der Waals surface area (Å²) in [5.74, 6) is 0.886. The Morgan fingerprint density at radius 1 is 1.04 bits per heavy atom. The van der Waals surface area contributed by atoms with Crippen molar-refractivity contribution < 1.29 is 13.2 Å². The summed E-state index contributed by atoms with van der Waals surface area (Å²) in [6, 6.07) is 15.1. The Kier molecular flexibility index (Phi) is 6.19. The Hall–Kier alpha value is -1.85. The van der Waals surface area contributed by atoms with Crippen LogP contribution >= 0.6 is 0 Å². The van der Waals surface area contributed by atoms with Crippen LogP contribution in [0, 0.1) is 6.92 Å². The van der Waals surface area contributed by atoms with Gasteiger partial charge in [-0.2, -0.15) is 0 Å². The Morgan fingerprint density at radius 2 is 1.78 bits per heavy atom. The van der Waals surface area contributed by atoms with Gasteiger partial charge >= 0.3 is 0 Å². The second kappa shape index (κ2) is 8.13. The van der Waals surface area contributed by atoms with E-state index in [9.17, 15) is 8.42 Å². The fourth-order valence-electron chi connectivity index (χ4n) is 2.38. The number of benzene rings is 2. The lowest BCUT2D eigenvalue weighted by atomic mass is 10.1. The van der Waals surface area contributed by atoms with Crippen molar-refractivity contribution in [3.8, 4) is 5.75 Å². The number of rotatable bonds is 8. The smallest absolute Gasteiger partial charge is 0.215 e. The van der Waals surface area contributed by atoms with Crippen molar-refractivity contribution in [2.75, 3.05) is 13.2 Å². The molecular weight excluding hydrogens is 310 g/mol. The maximum atomic E-state index is 12.1. The average molecular weight is 333 g/mol. The molecule has 1 N–H and O–H groups in total. The molecule has 5 heteroatoms. The van der Waals surface area contributed by atoms with Crippen molar-refractivity contribution >= 4 is 10.0 Å². The third kappa shape index (κ3) is 5.69. The number of hydrogen-bond acceptors (Lipinski definition) is 3. The van der Waals surface area contributed by atoms with Crippen LogP contribution in [0.1, 0.15) is 23.6 Å². The third-order valence-corrected chi connectivity index (χ3v) is 4.83. The van der Waals surface area contributed by atoms with Crippen LogP contribution in [-0.2, 0) is 22.2 Å². The third-order valence-electron chi connectivity index (χ3n) is 3.47. The SMILES string of the molecule is CCOc1ccc(CCNS(=O)(=O)Cc2ccccc2)cc1C. The van der Waals surface area contributed by atoms with Gasteiger partial charge in [0.25, 0.3) is 0 Å². The Morgan fingerprint density at radius 3 is 2.43 bits per heavy atom. The predicted molar refractivity (Wildman–Crippen MR) is 93.1 cm³/mol. The zero-order chi connectivity index (χ0) is 16.7. The number of nitrogens with one attached hydrogen (secondary N) is 1. The van der Waals surface area contributed by atoms with Gasteiger partial charge in [0.2, 0.25) is 10.0 Å². The first kappa shape index (κ1) is 17.5. The zero-order valence-electron chi connectivity index (χ0n) is 13.6. The minimum atomic E-state index is -3.31. The van der Waals surface area contributed by atoms with Gasteiger partial charge < -0.3 is 4.74 Å². The highest BCUT2D eigenvalue weighted by atomic mass is 32.2. The second-order valence-electron chi connectivity index (χ2n) is 5.42. The van der Waals surface area contributed by atoms with Crippen LogP contribution in [-0.4, -0.2) is 21.6 Å². The van der Waals surface area contributed by atoms with Gasteiger partial charge in [0.15, 0.2) is 0 Å². The lowest BCUT2D eigenvalue weighted by molar-refractivity contribution is 0.338. The molecule has 0 aliphatic heterocycles. The van der Waals surface area contributed by atoms with Gasteiger partial charge in [0, 0.05) is 6.54 Å². The van der Waals surface area contributed by atoms with E-state index in [2.05, 4.69) is 4.72 Å². The molecule has 0 radical (unpaired) electrons. The summed E-state index contributed by atoms with van der Waals surface area (Å²) < 4.78 is 32.3. The zero-order valence-corrected chi connectivity index (χ0v) is 14.4. The highest BCUT2D eigenvalue weighted by molar-refractivity contribution is 7.88. The molecule has 0 fully saturated rings. The van der Waals surface area contributed by atoms with Gasteiger partial charge in [-0.1, -0.05) is 42.5 Å². The van der Waals surface area contributed by atoms with Crippen molar-refractivity contribution in [3.05, 3.63) is 65.2 Å². The lowest BCUT2D eigenvalue weighted by Gasteiger charge is -2.10. The highest BCUT2D eigenvalue weighted by Gasteiger charge is 2.10. The maximum absolute atomic E-state index is 12.1. The van der Waals surface area contributed by atoms with E-state index in [-0.39, 0.29) is 5.75 Å². The van der Waals surface area contributed by atoms with E-state index < -0.39 is 10.0 Å². The number of ether oxygens (including phenoxy) is 1. The summed E-state index contributed by atoms with van der Waals surface area (Å²) in [4.78, 5) is 0. The predicted octanol–water partition coefficient (Wildman–Crippen LogP) is 3.06. The van der Waals surface area contributed by atoms with Crippen molar-refractivity contribution in [1.82, 2.24) is 4.72 Å². The summed E-state index contributed by atoms with van der Waals surface area (Å²) in [5.41, 5.74) is 2.95. The van der Waals surface area contributed by atoms with Gasteiger partial charge in [-0.3, -0.25) is 0 Å². The monoisotopic (exact) mass is 333 g/mol. The van der Waals surface area contributed by atoms with Crippen LogP contribution in [0.4, 0.5) is 0 Å². The van der Waals surface area contributed by atoms with Gasteiger partial charge in [-0.05, 0) is 43.0 Å². The molecule has 0 heterocycles. The van der Waals surface area contributed by atoms with Gasteiger partial charge in [0.1, 0.15) is 5.75 Å². The van der Waals surface area contributed by atoms with E-state index >= 15 is 0 Å². The molecular formula is C18H23NO3S. The molecule has 124 valence electrons. The molecule has 2 aromatic rings. The summed E-state index contributed by atoms with van der Waals surface area (Å²) in [5, 5.41) is 0. The topological polar surface area (TPSA) is 55.4 Å². The minimum absolute atomic E-state index is 0.0101. The molecule has 0 spiro atoms. The van der Waals surface area contributed by atoms with Crippen LogP contribution in [0.15, 0.2) is 48.5 Å². The molecule has 0 aromatic heterocycles. The maximum Gasteiger partial charge on any atom is 0.215 e. The fraction of sp³-hybridized carbons (Fsp3) is 0.333. The van der Waals surface area contributed by atoms with E-state index in [1.54, 1.807) is 0 Å². The standard InChI is InChI=1S/C18H23NO3S/c1-3-22-18-10-9-16(13-15(18)2)11-12-19-23(20,21)14-17-7-5-4-6-8-17/h4-10,13,19H,3,11-12,14H2,1-2H3. The van der Waals surface area contributed by atoms with Gasteiger partial charge in [0.05, 0.1) is 12.4 Å². The molecule has 2 rings (SSSR count). The summed E-state index contributed by atoms with van der Waals surface area (Å²) in [6.07, 6.45) is 0.654. The van der Waals surface area contributed by atoms with Crippen LogP contribution in [0.5, 0.6) is 5.75 Å². The largest absolute Gasteiger partial charge is 0.494 e. The molecule has 0 saturated heterocycles. The first-order valence-electron chi connectivity index (χ1n) is 7.74. The summed E-state index contributed by atoms with van der Waals surface area (Å²) in [7, 11) is -3.31. The fourth-order valence-corrected chi connectivity index (χ4v) is 3.53. The van der Waals surface area contributed by atoms with Crippen molar-refractivity contribution in [2.24, 2.45) is 0 Å². The summed E-state index contributed by atoms with van der Waals surface area (Å²) >= 11 is 0. The molecule has 23 heavy (non-hydrogen) atoms. The molecule has 0 unspecified atom stereocenters. The van der Waals surface area contributed by atoms with Crippen molar-refractivity contribution in [2.45, 2.75) is 26.0 Å². The Bertz CT molecular complexity index is 727. The quantitative estimate of drug-likeness (QED) is 0.808. The lowest BCUT2D eigenvalue weighted by Crippen LogP contribution is -2.27.